The normalized spacial score (nSPS) is 20.9. The Morgan fingerprint density at radius 1 is 1.29 bits per heavy atom. The largest absolute Gasteiger partial charge is 0.384 e. The molecule has 1 aliphatic heterocycles. The van der Waals surface area contributed by atoms with Crippen molar-refractivity contribution in [3.63, 3.8) is 0 Å². The molecular formula is C12H23N3O5S. The van der Waals surface area contributed by atoms with Crippen molar-refractivity contribution in [2.75, 3.05) is 53.2 Å². The molecule has 0 aliphatic carbocycles. The number of ether oxygens (including phenoxy) is 1. The molecule has 21 heavy (non-hydrogen) atoms. The maximum Gasteiger partial charge on any atom is 0.225 e. The fourth-order valence-corrected chi connectivity index (χ4v) is 3.09. The van der Waals surface area contributed by atoms with Crippen LogP contribution in [-0.4, -0.2) is 82.6 Å². The summed E-state index contributed by atoms with van der Waals surface area (Å²) in [7, 11) is -0.396. The van der Waals surface area contributed by atoms with Crippen LogP contribution in [0.5, 0.6) is 0 Å². The third-order valence-corrected chi connectivity index (χ3v) is 4.71. The van der Waals surface area contributed by atoms with E-state index in [1.165, 1.54) is 23.4 Å². The highest BCUT2D eigenvalue weighted by Crippen LogP contribution is 2.14. The lowest BCUT2D eigenvalue weighted by Gasteiger charge is -2.23. The minimum absolute atomic E-state index is 0.0898. The van der Waals surface area contributed by atoms with Crippen LogP contribution in [0, 0.1) is 5.92 Å². The van der Waals surface area contributed by atoms with E-state index >= 15 is 0 Å². The van der Waals surface area contributed by atoms with E-state index in [4.69, 9.17) is 4.74 Å². The van der Waals surface area contributed by atoms with Crippen molar-refractivity contribution in [1.29, 1.82) is 0 Å². The number of carbonyl (C=O) groups is 2. The molecule has 0 aromatic heterocycles. The number of sulfonamides is 1. The zero-order valence-corrected chi connectivity index (χ0v) is 13.5. The SMILES string of the molecule is CNC(=O)[C@H]1CN(C(=O)CCOC)CCN(S(C)(=O)=O)C1. The van der Waals surface area contributed by atoms with Crippen LogP contribution in [-0.2, 0) is 24.3 Å². The van der Waals surface area contributed by atoms with E-state index < -0.39 is 15.9 Å². The van der Waals surface area contributed by atoms with Gasteiger partial charge in [-0.25, -0.2) is 8.42 Å². The second-order valence-corrected chi connectivity index (χ2v) is 7.00. The Morgan fingerprint density at radius 3 is 2.48 bits per heavy atom. The zero-order valence-electron chi connectivity index (χ0n) is 12.7. The van der Waals surface area contributed by atoms with Crippen molar-refractivity contribution in [2.45, 2.75) is 6.42 Å². The summed E-state index contributed by atoms with van der Waals surface area (Å²) in [6.45, 7) is 1.09. The van der Waals surface area contributed by atoms with E-state index in [9.17, 15) is 18.0 Å². The number of nitrogens with zero attached hydrogens (tertiary/aromatic N) is 2. The van der Waals surface area contributed by atoms with E-state index in [0.717, 1.165) is 6.26 Å². The molecule has 1 aliphatic rings. The maximum atomic E-state index is 12.1. The average molecular weight is 321 g/mol. The van der Waals surface area contributed by atoms with Gasteiger partial charge in [-0.3, -0.25) is 9.59 Å². The van der Waals surface area contributed by atoms with Crippen molar-refractivity contribution in [3.8, 4) is 0 Å². The molecule has 9 heteroatoms. The van der Waals surface area contributed by atoms with Gasteiger partial charge in [0.1, 0.15) is 0 Å². The zero-order chi connectivity index (χ0) is 16.0. The topological polar surface area (TPSA) is 96.0 Å². The number of rotatable bonds is 5. The molecular weight excluding hydrogens is 298 g/mol. The van der Waals surface area contributed by atoms with Crippen molar-refractivity contribution in [3.05, 3.63) is 0 Å². The Balaban J connectivity index is 2.87. The van der Waals surface area contributed by atoms with Crippen molar-refractivity contribution in [2.24, 2.45) is 5.92 Å². The predicted molar refractivity (Wildman–Crippen MR) is 77.0 cm³/mol. The molecule has 1 atom stereocenters. The molecule has 2 amide bonds. The standard InChI is InChI=1S/C12H23N3O5S/c1-13-12(17)10-8-14(11(16)4-7-20-2)5-6-15(9-10)21(3,18)19/h10H,4-9H2,1-3H3,(H,13,17)/t10-/m0/s1. The summed E-state index contributed by atoms with van der Waals surface area (Å²) < 4.78 is 29.5. The van der Waals surface area contributed by atoms with Gasteiger partial charge in [-0.1, -0.05) is 0 Å². The van der Waals surface area contributed by atoms with Crippen LogP contribution in [0.1, 0.15) is 6.42 Å². The molecule has 1 saturated heterocycles. The van der Waals surface area contributed by atoms with E-state index in [1.807, 2.05) is 0 Å². The van der Waals surface area contributed by atoms with Gasteiger partial charge < -0.3 is 15.0 Å². The van der Waals surface area contributed by atoms with Crippen LogP contribution >= 0.6 is 0 Å². The van der Waals surface area contributed by atoms with Crippen LogP contribution in [0.3, 0.4) is 0 Å². The second kappa shape index (κ2) is 7.71. The van der Waals surface area contributed by atoms with Gasteiger partial charge in [-0.05, 0) is 0 Å². The van der Waals surface area contributed by atoms with Crippen LogP contribution < -0.4 is 5.32 Å². The molecule has 8 nitrogen and oxygen atoms in total. The highest BCUT2D eigenvalue weighted by molar-refractivity contribution is 7.88. The predicted octanol–water partition coefficient (Wildman–Crippen LogP) is -1.51. The maximum absolute atomic E-state index is 12.1. The van der Waals surface area contributed by atoms with E-state index in [0.29, 0.717) is 6.61 Å². The molecule has 0 saturated carbocycles. The van der Waals surface area contributed by atoms with Gasteiger partial charge in [0.15, 0.2) is 0 Å². The number of methoxy groups -OCH3 is 1. The average Bonchev–Trinajstić information content (AvgIpc) is 2.66. The molecule has 0 unspecified atom stereocenters. The lowest BCUT2D eigenvalue weighted by molar-refractivity contribution is -0.133. The van der Waals surface area contributed by atoms with Crippen LogP contribution in [0.15, 0.2) is 0 Å². The Morgan fingerprint density at radius 2 is 1.95 bits per heavy atom. The van der Waals surface area contributed by atoms with Gasteiger partial charge in [0, 0.05) is 40.3 Å². The van der Waals surface area contributed by atoms with E-state index in [2.05, 4.69) is 5.32 Å². The fourth-order valence-electron chi connectivity index (χ4n) is 2.23. The highest BCUT2D eigenvalue weighted by Gasteiger charge is 2.32. The van der Waals surface area contributed by atoms with Gasteiger partial charge in [-0.2, -0.15) is 4.31 Å². The second-order valence-electron chi connectivity index (χ2n) is 5.01. The van der Waals surface area contributed by atoms with Crippen molar-refractivity contribution >= 4 is 21.8 Å². The Kier molecular flexibility index (Phi) is 6.56. The van der Waals surface area contributed by atoms with Gasteiger partial charge in [-0.15, -0.1) is 0 Å². The Bertz CT molecular complexity index is 479. The van der Waals surface area contributed by atoms with Crippen LogP contribution in [0.2, 0.25) is 0 Å². The summed E-state index contributed by atoms with van der Waals surface area (Å²) in [5, 5.41) is 2.51. The third-order valence-electron chi connectivity index (χ3n) is 3.44. The molecule has 0 bridgehead atoms. The van der Waals surface area contributed by atoms with Crippen molar-refractivity contribution in [1.82, 2.24) is 14.5 Å². The van der Waals surface area contributed by atoms with Gasteiger partial charge in [0.2, 0.25) is 21.8 Å². The Labute approximate surface area is 125 Å². The molecule has 122 valence electrons. The summed E-state index contributed by atoms with van der Waals surface area (Å²) in [6, 6.07) is 0. The van der Waals surface area contributed by atoms with Crippen molar-refractivity contribution < 1.29 is 22.7 Å². The number of carbonyl (C=O) groups excluding carboxylic acids is 2. The number of nitrogens with one attached hydrogen (secondary N) is 1. The summed E-state index contributed by atoms with van der Waals surface area (Å²) >= 11 is 0. The molecule has 1 fully saturated rings. The molecule has 0 aromatic carbocycles. The van der Waals surface area contributed by atoms with Crippen LogP contribution in [0.25, 0.3) is 0 Å². The Hall–Kier alpha value is -1.19. The minimum Gasteiger partial charge on any atom is -0.384 e. The summed E-state index contributed by atoms with van der Waals surface area (Å²) in [4.78, 5) is 25.5. The molecule has 1 rings (SSSR count). The number of hydrogen-bond donors (Lipinski definition) is 1. The summed E-state index contributed by atoms with van der Waals surface area (Å²) in [6.07, 6.45) is 1.33. The number of amides is 2. The van der Waals surface area contributed by atoms with E-state index in [1.54, 1.807) is 0 Å². The summed E-state index contributed by atoms with van der Waals surface area (Å²) in [5.74, 6) is -0.977. The first-order valence-corrected chi connectivity index (χ1v) is 8.57. The molecule has 1 heterocycles. The molecule has 1 N–H and O–H groups in total. The first-order chi connectivity index (χ1) is 9.79. The third kappa shape index (κ3) is 5.25. The van der Waals surface area contributed by atoms with E-state index in [-0.39, 0.29) is 44.4 Å². The quantitative estimate of drug-likeness (QED) is 0.664. The molecule has 0 aromatic rings. The fraction of sp³-hybridized carbons (Fsp3) is 0.833. The smallest absolute Gasteiger partial charge is 0.225 e. The molecule has 0 radical (unpaired) electrons. The lowest BCUT2D eigenvalue weighted by atomic mass is 10.1. The monoisotopic (exact) mass is 321 g/mol. The highest BCUT2D eigenvalue weighted by atomic mass is 32.2. The van der Waals surface area contributed by atoms with Crippen LogP contribution in [0.4, 0.5) is 0 Å². The number of hydrogen-bond acceptors (Lipinski definition) is 5. The van der Waals surface area contributed by atoms with Gasteiger partial charge in [0.05, 0.1) is 25.2 Å². The first-order valence-electron chi connectivity index (χ1n) is 6.73. The lowest BCUT2D eigenvalue weighted by Crippen LogP contribution is -2.42. The molecule has 0 spiro atoms. The first kappa shape index (κ1) is 17.9. The minimum atomic E-state index is -3.40. The van der Waals surface area contributed by atoms with Gasteiger partial charge in [0.25, 0.3) is 0 Å². The van der Waals surface area contributed by atoms with Gasteiger partial charge >= 0.3 is 0 Å². The summed E-state index contributed by atoms with van der Waals surface area (Å²) in [5.41, 5.74) is 0.